The monoisotopic (exact) mass is 249 g/mol. The summed E-state index contributed by atoms with van der Waals surface area (Å²) in [4.78, 5) is 24.7. The number of rotatable bonds is 3. The predicted octanol–water partition coefficient (Wildman–Crippen LogP) is 0.330. The molecule has 1 aromatic carbocycles. The first-order valence-corrected chi connectivity index (χ1v) is 5.62. The number of nitrogens with one attached hydrogen (secondary N) is 1. The first-order chi connectivity index (χ1) is 8.65. The Bertz CT molecular complexity index is 475. The van der Waals surface area contributed by atoms with Crippen LogP contribution in [-0.2, 0) is 4.74 Å². The molecule has 0 saturated carbocycles. The zero-order valence-corrected chi connectivity index (χ0v) is 10.1. The molecule has 3 N–H and O–H groups in total. The van der Waals surface area contributed by atoms with Gasteiger partial charge >= 0.3 is 12.0 Å². The summed E-state index contributed by atoms with van der Waals surface area (Å²) in [6, 6.07) is 6.50. The smallest absolute Gasteiger partial charge is 0.337 e. The van der Waals surface area contributed by atoms with Crippen LogP contribution in [0.15, 0.2) is 24.3 Å². The first-order valence-electron chi connectivity index (χ1n) is 5.62. The van der Waals surface area contributed by atoms with Gasteiger partial charge < -0.3 is 15.8 Å². The molecule has 1 saturated heterocycles. The van der Waals surface area contributed by atoms with Gasteiger partial charge in [0.15, 0.2) is 0 Å². The highest BCUT2D eigenvalue weighted by Gasteiger charge is 2.29. The van der Waals surface area contributed by atoms with Gasteiger partial charge in [0.25, 0.3) is 0 Å². The maximum Gasteiger partial charge on any atom is 0.337 e. The Morgan fingerprint density at radius 1 is 1.61 bits per heavy atom. The number of urea groups is 1. The van der Waals surface area contributed by atoms with Crippen molar-refractivity contribution >= 4 is 17.7 Å². The van der Waals surface area contributed by atoms with Gasteiger partial charge in [-0.05, 0) is 18.2 Å². The van der Waals surface area contributed by atoms with Crippen LogP contribution in [0, 0.1) is 0 Å². The molecular formula is C12H15N3O3. The van der Waals surface area contributed by atoms with E-state index in [4.69, 9.17) is 5.73 Å². The van der Waals surface area contributed by atoms with E-state index in [-0.39, 0.29) is 12.1 Å². The van der Waals surface area contributed by atoms with E-state index in [0.717, 1.165) is 0 Å². The summed E-state index contributed by atoms with van der Waals surface area (Å²) < 4.78 is 4.65. The van der Waals surface area contributed by atoms with E-state index in [9.17, 15) is 9.59 Å². The average molecular weight is 249 g/mol. The third-order valence-electron chi connectivity index (χ3n) is 2.84. The Morgan fingerprint density at radius 3 is 3.00 bits per heavy atom. The van der Waals surface area contributed by atoms with Crippen LogP contribution in [0.2, 0.25) is 0 Å². The Hall–Kier alpha value is -2.08. The fourth-order valence-electron chi connectivity index (χ4n) is 1.88. The molecule has 1 aliphatic heterocycles. The van der Waals surface area contributed by atoms with E-state index in [1.54, 1.807) is 29.2 Å². The number of esters is 1. The fourth-order valence-corrected chi connectivity index (χ4v) is 1.88. The Kier molecular flexibility index (Phi) is 3.47. The molecular weight excluding hydrogens is 234 g/mol. The zero-order valence-electron chi connectivity index (χ0n) is 10.1. The number of nitrogens with zero attached hydrogens (tertiary/aromatic N) is 1. The molecule has 0 aromatic heterocycles. The third kappa shape index (κ3) is 2.28. The molecule has 1 fully saturated rings. The lowest BCUT2D eigenvalue weighted by Crippen LogP contribution is -2.33. The van der Waals surface area contributed by atoms with Crippen LogP contribution in [0.25, 0.3) is 0 Å². The van der Waals surface area contributed by atoms with Crippen molar-refractivity contribution in [2.45, 2.75) is 6.04 Å². The van der Waals surface area contributed by atoms with Gasteiger partial charge in [0.1, 0.15) is 0 Å². The Labute approximate surface area is 105 Å². The number of benzene rings is 1. The van der Waals surface area contributed by atoms with Crippen LogP contribution in [0.1, 0.15) is 10.4 Å². The molecule has 0 aliphatic carbocycles. The molecule has 0 spiro atoms. The van der Waals surface area contributed by atoms with Crippen LogP contribution in [0.3, 0.4) is 0 Å². The lowest BCUT2D eigenvalue weighted by molar-refractivity contribution is 0.0600. The number of anilines is 1. The van der Waals surface area contributed by atoms with E-state index in [1.807, 2.05) is 0 Å². The van der Waals surface area contributed by atoms with Crippen molar-refractivity contribution in [2.75, 3.05) is 25.1 Å². The molecule has 96 valence electrons. The zero-order chi connectivity index (χ0) is 13.1. The minimum absolute atomic E-state index is 0.0562. The number of carbonyl (C=O) groups excluding carboxylic acids is 2. The number of ether oxygens (including phenoxy) is 1. The molecule has 2 amide bonds. The van der Waals surface area contributed by atoms with Crippen LogP contribution >= 0.6 is 0 Å². The predicted molar refractivity (Wildman–Crippen MR) is 66.5 cm³/mol. The van der Waals surface area contributed by atoms with E-state index in [0.29, 0.717) is 24.3 Å². The minimum atomic E-state index is -0.424. The van der Waals surface area contributed by atoms with Gasteiger partial charge in [0.2, 0.25) is 0 Å². The summed E-state index contributed by atoms with van der Waals surface area (Å²) >= 11 is 0. The van der Waals surface area contributed by atoms with E-state index in [1.165, 1.54) is 7.11 Å². The second kappa shape index (κ2) is 5.05. The number of carbonyl (C=O) groups is 2. The first kappa shape index (κ1) is 12.4. The average Bonchev–Trinajstić information content (AvgIpc) is 2.79. The highest BCUT2D eigenvalue weighted by atomic mass is 16.5. The Balaban J connectivity index is 2.24. The highest BCUT2D eigenvalue weighted by Crippen LogP contribution is 2.20. The minimum Gasteiger partial charge on any atom is -0.465 e. The topological polar surface area (TPSA) is 84.7 Å². The van der Waals surface area contributed by atoms with Gasteiger partial charge in [-0.15, -0.1) is 0 Å². The van der Waals surface area contributed by atoms with E-state index in [2.05, 4.69) is 10.1 Å². The number of methoxy groups -OCH3 is 1. The van der Waals surface area contributed by atoms with Gasteiger partial charge in [-0.1, -0.05) is 6.07 Å². The summed E-state index contributed by atoms with van der Waals surface area (Å²) in [7, 11) is 1.32. The van der Waals surface area contributed by atoms with E-state index < -0.39 is 5.97 Å². The summed E-state index contributed by atoms with van der Waals surface area (Å²) in [6.07, 6.45) is 0. The number of hydrogen-bond acceptors (Lipinski definition) is 4. The summed E-state index contributed by atoms with van der Waals surface area (Å²) in [5, 5.41) is 2.76. The van der Waals surface area contributed by atoms with Crippen LogP contribution in [-0.4, -0.2) is 38.2 Å². The fraction of sp³-hybridized carbons (Fsp3) is 0.333. The molecule has 1 heterocycles. The number of hydrogen-bond donors (Lipinski definition) is 2. The van der Waals surface area contributed by atoms with Crippen molar-refractivity contribution < 1.29 is 14.3 Å². The van der Waals surface area contributed by atoms with Gasteiger partial charge in [-0.3, -0.25) is 4.90 Å². The molecule has 6 heteroatoms. The maximum atomic E-state index is 11.7. The normalized spacial score (nSPS) is 18.7. The standard InChI is InChI=1S/C12H15N3O3/c1-18-11(16)8-3-2-4-10(5-8)15-7-9(6-13)14-12(15)17/h2-5,9H,6-7,13H2,1H3,(H,14,17). The second-order valence-electron chi connectivity index (χ2n) is 4.03. The number of amides is 2. The quantitative estimate of drug-likeness (QED) is 0.756. The Morgan fingerprint density at radius 2 is 2.39 bits per heavy atom. The molecule has 6 nitrogen and oxygen atoms in total. The van der Waals surface area contributed by atoms with Crippen LogP contribution in [0.4, 0.5) is 10.5 Å². The third-order valence-corrected chi connectivity index (χ3v) is 2.84. The van der Waals surface area contributed by atoms with Crippen molar-refractivity contribution in [1.82, 2.24) is 5.32 Å². The molecule has 0 radical (unpaired) electrons. The largest absolute Gasteiger partial charge is 0.465 e. The van der Waals surface area contributed by atoms with Crippen molar-refractivity contribution in [1.29, 1.82) is 0 Å². The molecule has 0 bridgehead atoms. The van der Waals surface area contributed by atoms with E-state index >= 15 is 0 Å². The van der Waals surface area contributed by atoms with Crippen molar-refractivity contribution in [3.63, 3.8) is 0 Å². The molecule has 2 rings (SSSR count). The summed E-state index contributed by atoms with van der Waals surface area (Å²) in [5.74, 6) is -0.424. The second-order valence-corrected chi connectivity index (χ2v) is 4.03. The lowest BCUT2D eigenvalue weighted by Gasteiger charge is -2.15. The molecule has 18 heavy (non-hydrogen) atoms. The SMILES string of the molecule is COC(=O)c1cccc(N2CC(CN)NC2=O)c1. The highest BCUT2D eigenvalue weighted by molar-refractivity contribution is 5.97. The van der Waals surface area contributed by atoms with Gasteiger partial charge in [0, 0.05) is 18.8 Å². The van der Waals surface area contributed by atoms with Gasteiger partial charge in [-0.2, -0.15) is 0 Å². The molecule has 1 aromatic rings. The summed E-state index contributed by atoms with van der Waals surface area (Å²) in [5.41, 5.74) is 6.59. The lowest BCUT2D eigenvalue weighted by atomic mass is 10.2. The van der Waals surface area contributed by atoms with Crippen molar-refractivity contribution in [3.8, 4) is 0 Å². The number of nitrogens with two attached hydrogens (primary N) is 1. The van der Waals surface area contributed by atoms with Crippen LogP contribution < -0.4 is 16.0 Å². The summed E-state index contributed by atoms with van der Waals surface area (Å²) in [6.45, 7) is 0.888. The molecule has 1 unspecified atom stereocenters. The molecule has 1 aliphatic rings. The van der Waals surface area contributed by atoms with Gasteiger partial charge in [0.05, 0.1) is 18.7 Å². The maximum absolute atomic E-state index is 11.7. The van der Waals surface area contributed by atoms with Gasteiger partial charge in [-0.25, -0.2) is 9.59 Å². The van der Waals surface area contributed by atoms with Crippen molar-refractivity contribution in [2.24, 2.45) is 5.73 Å². The molecule has 1 atom stereocenters. The van der Waals surface area contributed by atoms with Crippen LogP contribution in [0.5, 0.6) is 0 Å². The van der Waals surface area contributed by atoms with Crippen molar-refractivity contribution in [3.05, 3.63) is 29.8 Å².